The normalized spacial score (nSPS) is 16.2. The van der Waals surface area contributed by atoms with Gasteiger partial charge in [0, 0.05) is 32.0 Å². The van der Waals surface area contributed by atoms with Gasteiger partial charge in [-0.3, -0.25) is 4.98 Å². The standard InChI is InChI=1S/C27H30N6O2S/c1-16-22(32(4)31-29-16)19-14-20-21(28-15-19)25-24(26(30-36-25)27(2,3)34)33(20)23(17-8-6-5-7-9-17)18-10-12-35-13-11-18/h5-9,14-15,18,23,34H,10-13H2,1-4H3. The Balaban J connectivity index is 1.70. The molecule has 1 saturated heterocycles. The van der Waals surface area contributed by atoms with Crippen LogP contribution in [-0.4, -0.2) is 47.2 Å². The number of hydrogen-bond donors (Lipinski definition) is 1. The van der Waals surface area contributed by atoms with Crippen LogP contribution in [0.3, 0.4) is 0 Å². The zero-order valence-corrected chi connectivity index (χ0v) is 21.8. The van der Waals surface area contributed by atoms with Crippen molar-refractivity contribution < 1.29 is 9.84 Å². The van der Waals surface area contributed by atoms with E-state index in [4.69, 9.17) is 14.1 Å². The van der Waals surface area contributed by atoms with Crippen LogP contribution < -0.4 is 0 Å². The molecule has 0 spiro atoms. The number of fused-ring (bicyclic) bond motifs is 3. The molecule has 6 rings (SSSR count). The van der Waals surface area contributed by atoms with E-state index in [9.17, 15) is 5.11 Å². The summed E-state index contributed by atoms with van der Waals surface area (Å²) in [4.78, 5) is 4.96. The highest BCUT2D eigenvalue weighted by Gasteiger charge is 2.34. The highest BCUT2D eigenvalue weighted by Crippen LogP contribution is 2.44. The summed E-state index contributed by atoms with van der Waals surface area (Å²) in [7, 11) is 1.91. The fourth-order valence-corrected chi connectivity index (χ4v) is 6.60. The van der Waals surface area contributed by atoms with Crippen molar-refractivity contribution in [1.29, 1.82) is 0 Å². The van der Waals surface area contributed by atoms with Gasteiger partial charge in [0.25, 0.3) is 0 Å². The Morgan fingerprint density at radius 2 is 1.92 bits per heavy atom. The molecule has 1 fully saturated rings. The van der Waals surface area contributed by atoms with Crippen molar-refractivity contribution in [2.24, 2.45) is 13.0 Å². The first-order valence-electron chi connectivity index (χ1n) is 12.4. The van der Waals surface area contributed by atoms with E-state index in [1.54, 1.807) is 18.5 Å². The van der Waals surface area contributed by atoms with Gasteiger partial charge in [-0.1, -0.05) is 35.5 Å². The summed E-state index contributed by atoms with van der Waals surface area (Å²) in [6, 6.07) is 12.9. The van der Waals surface area contributed by atoms with Crippen molar-refractivity contribution >= 4 is 32.8 Å². The van der Waals surface area contributed by atoms with Gasteiger partial charge in [-0.2, -0.15) is 4.37 Å². The lowest BCUT2D eigenvalue weighted by Crippen LogP contribution is -2.27. The molecule has 5 aromatic rings. The van der Waals surface area contributed by atoms with E-state index in [1.165, 1.54) is 17.1 Å². The van der Waals surface area contributed by atoms with Crippen molar-refractivity contribution in [1.82, 2.24) is 28.9 Å². The smallest absolute Gasteiger partial charge is 0.110 e. The Morgan fingerprint density at radius 1 is 1.17 bits per heavy atom. The van der Waals surface area contributed by atoms with Crippen LogP contribution in [0.4, 0.5) is 0 Å². The molecule has 1 aliphatic rings. The minimum absolute atomic E-state index is 0.0513. The predicted octanol–water partition coefficient (Wildman–Crippen LogP) is 4.99. The molecule has 0 saturated carbocycles. The third kappa shape index (κ3) is 3.73. The van der Waals surface area contributed by atoms with Gasteiger partial charge in [-0.15, -0.1) is 5.10 Å². The minimum atomic E-state index is -1.09. The lowest BCUT2D eigenvalue weighted by atomic mass is 9.86. The molecule has 8 nitrogen and oxygen atoms in total. The Kier molecular flexibility index (Phi) is 5.66. The number of benzene rings is 1. The summed E-state index contributed by atoms with van der Waals surface area (Å²) < 4.78 is 15.7. The van der Waals surface area contributed by atoms with E-state index in [0.717, 1.165) is 64.3 Å². The third-order valence-corrected chi connectivity index (χ3v) is 8.07. The molecule has 0 radical (unpaired) electrons. The molecular formula is C27H30N6O2S. The molecule has 1 atom stereocenters. The maximum absolute atomic E-state index is 11.1. The van der Waals surface area contributed by atoms with Crippen LogP contribution in [0.15, 0.2) is 42.6 Å². The summed E-state index contributed by atoms with van der Waals surface area (Å²) in [6.45, 7) is 7.08. The van der Waals surface area contributed by atoms with E-state index in [2.05, 4.69) is 51.3 Å². The molecule has 186 valence electrons. The molecular weight excluding hydrogens is 472 g/mol. The topological polar surface area (TPSA) is 90.9 Å². The van der Waals surface area contributed by atoms with Gasteiger partial charge in [-0.05, 0) is 62.7 Å². The zero-order valence-electron chi connectivity index (χ0n) is 21.0. The molecule has 0 bridgehead atoms. The van der Waals surface area contributed by atoms with Crippen LogP contribution >= 0.6 is 11.5 Å². The Labute approximate surface area is 213 Å². The number of pyridine rings is 1. The van der Waals surface area contributed by atoms with Gasteiger partial charge in [0.05, 0.1) is 33.2 Å². The van der Waals surface area contributed by atoms with Crippen molar-refractivity contribution in [3.05, 3.63) is 59.5 Å². The quantitative estimate of drug-likeness (QED) is 0.364. The summed E-state index contributed by atoms with van der Waals surface area (Å²) in [6.07, 6.45) is 3.83. The summed E-state index contributed by atoms with van der Waals surface area (Å²) in [5, 5.41) is 19.6. The molecule has 9 heteroatoms. The van der Waals surface area contributed by atoms with Crippen LogP contribution in [0, 0.1) is 12.8 Å². The van der Waals surface area contributed by atoms with E-state index in [-0.39, 0.29) is 6.04 Å². The Hall–Kier alpha value is -3.14. The highest BCUT2D eigenvalue weighted by atomic mass is 32.1. The molecule has 36 heavy (non-hydrogen) atoms. The fourth-order valence-electron chi connectivity index (χ4n) is 5.59. The molecule has 0 aliphatic carbocycles. The third-order valence-electron chi connectivity index (χ3n) is 7.23. The second kappa shape index (κ2) is 8.76. The average molecular weight is 503 g/mol. The van der Waals surface area contributed by atoms with Gasteiger partial charge >= 0.3 is 0 Å². The first-order chi connectivity index (χ1) is 17.3. The van der Waals surface area contributed by atoms with Gasteiger partial charge in [-0.25, -0.2) is 4.68 Å². The molecule has 1 aromatic carbocycles. The number of ether oxygens (including phenoxy) is 1. The number of rotatable bonds is 5. The van der Waals surface area contributed by atoms with Gasteiger partial charge in [0.1, 0.15) is 16.8 Å². The molecule has 1 N–H and O–H groups in total. The van der Waals surface area contributed by atoms with Crippen LogP contribution in [0.2, 0.25) is 0 Å². The molecule has 1 aliphatic heterocycles. The highest BCUT2D eigenvalue weighted by molar-refractivity contribution is 7.14. The second-order valence-corrected chi connectivity index (χ2v) is 11.0. The molecule has 1 unspecified atom stereocenters. The van der Waals surface area contributed by atoms with E-state index in [0.29, 0.717) is 11.6 Å². The zero-order chi connectivity index (χ0) is 25.0. The van der Waals surface area contributed by atoms with Crippen molar-refractivity contribution in [2.45, 2.75) is 45.3 Å². The molecule has 5 heterocycles. The lowest BCUT2D eigenvalue weighted by Gasteiger charge is -2.33. The van der Waals surface area contributed by atoms with Crippen molar-refractivity contribution in [3.8, 4) is 11.3 Å². The number of aryl methyl sites for hydroxylation is 2. The van der Waals surface area contributed by atoms with Crippen LogP contribution in [0.5, 0.6) is 0 Å². The van der Waals surface area contributed by atoms with Crippen LogP contribution in [-0.2, 0) is 17.4 Å². The van der Waals surface area contributed by atoms with Crippen molar-refractivity contribution in [2.75, 3.05) is 13.2 Å². The van der Waals surface area contributed by atoms with Gasteiger partial charge in [0.15, 0.2) is 0 Å². The molecule has 0 amide bonds. The average Bonchev–Trinajstić information content (AvgIpc) is 3.54. The second-order valence-electron chi connectivity index (χ2n) is 10.2. The lowest BCUT2D eigenvalue weighted by molar-refractivity contribution is 0.0548. The maximum atomic E-state index is 11.1. The Morgan fingerprint density at radius 3 is 2.58 bits per heavy atom. The monoisotopic (exact) mass is 502 g/mol. The van der Waals surface area contributed by atoms with Crippen molar-refractivity contribution in [3.63, 3.8) is 0 Å². The summed E-state index contributed by atoms with van der Waals surface area (Å²) >= 11 is 1.41. The largest absolute Gasteiger partial charge is 0.384 e. The van der Waals surface area contributed by atoms with Gasteiger partial charge in [0.2, 0.25) is 0 Å². The van der Waals surface area contributed by atoms with E-state index in [1.807, 2.05) is 20.2 Å². The number of hydrogen-bond acceptors (Lipinski definition) is 7. The predicted molar refractivity (Wildman–Crippen MR) is 141 cm³/mol. The molecule has 4 aromatic heterocycles. The summed E-state index contributed by atoms with van der Waals surface area (Å²) in [5.74, 6) is 0.373. The van der Waals surface area contributed by atoms with Crippen LogP contribution in [0.25, 0.3) is 32.5 Å². The fraction of sp³-hybridized carbons (Fsp3) is 0.407. The number of aliphatic hydroxyl groups is 1. The maximum Gasteiger partial charge on any atom is 0.110 e. The first-order valence-corrected chi connectivity index (χ1v) is 13.1. The number of nitrogens with zero attached hydrogens (tertiary/aromatic N) is 6. The van der Waals surface area contributed by atoms with Crippen LogP contribution in [0.1, 0.15) is 49.7 Å². The van der Waals surface area contributed by atoms with Gasteiger partial charge < -0.3 is 14.4 Å². The summed E-state index contributed by atoms with van der Waals surface area (Å²) in [5.41, 5.74) is 6.51. The SMILES string of the molecule is Cc1nnn(C)c1-c1cnc2c3snc(C(C)(C)O)c3n(C(c3ccccc3)C3CCOCC3)c2c1. The first kappa shape index (κ1) is 23.3. The minimum Gasteiger partial charge on any atom is -0.384 e. The Bertz CT molecular complexity index is 1520. The van der Waals surface area contributed by atoms with E-state index >= 15 is 0 Å². The number of aromatic nitrogens is 6. The van der Waals surface area contributed by atoms with E-state index < -0.39 is 5.60 Å².